The van der Waals surface area contributed by atoms with Gasteiger partial charge in [-0.15, -0.1) is 11.3 Å². The van der Waals surface area contributed by atoms with Crippen LogP contribution < -0.4 is 16.0 Å². The zero-order valence-electron chi connectivity index (χ0n) is 18.2. The van der Waals surface area contributed by atoms with Crippen molar-refractivity contribution in [2.24, 2.45) is 0 Å². The van der Waals surface area contributed by atoms with E-state index in [1.165, 1.54) is 11.3 Å². The normalized spacial score (nSPS) is 11.0. The zero-order valence-corrected chi connectivity index (χ0v) is 19.0. The van der Waals surface area contributed by atoms with Crippen LogP contribution in [0.4, 0.5) is 10.5 Å². The predicted octanol–water partition coefficient (Wildman–Crippen LogP) is 4.86. The number of anilines is 1. The molecule has 2 heterocycles. The Bertz CT molecular complexity index is 1240. The van der Waals surface area contributed by atoms with E-state index in [1.807, 2.05) is 86.1 Å². The van der Waals surface area contributed by atoms with Gasteiger partial charge < -0.3 is 16.0 Å². The van der Waals surface area contributed by atoms with Gasteiger partial charge in [-0.1, -0.05) is 30.3 Å². The van der Waals surface area contributed by atoms with E-state index in [0.717, 1.165) is 27.2 Å². The van der Waals surface area contributed by atoms with Gasteiger partial charge in [-0.25, -0.2) is 9.48 Å². The molecule has 2 aromatic carbocycles. The fourth-order valence-corrected chi connectivity index (χ4v) is 4.41. The summed E-state index contributed by atoms with van der Waals surface area (Å²) >= 11 is 1.43. The van der Waals surface area contributed by atoms with Crippen LogP contribution >= 0.6 is 11.3 Å². The van der Waals surface area contributed by atoms with Crippen molar-refractivity contribution in [2.75, 3.05) is 5.32 Å². The number of benzene rings is 2. The van der Waals surface area contributed by atoms with Crippen molar-refractivity contribution in [2.45, 2.75) is 33.4 Å². The van der Waals surface area contributed by atoms with Gasteiger partial charge in [-0.2, -0.15) is 5.10 Å². The van der Waals surface area contributed by atoms with Crippen LogP contribution in [0.15, 0.2) is 60.7 Å². The van der Waals surface area contributed by atoms with Gasteiger partial charge in [-0.3, -0.25) is 4.79 Å². The Morgan fingerprint density at radius 3 is 2.47 bits per heavy atom. The summed E-state index contributed by atoms with van der Waals surface area (Å²) < 4.78 is 1.88. The van der Waals surface area contributed by atoms with Crippen LogP contribution in [0, 0.1) is 6.92 Å². The number of carbonyl (C=O) groups excluding carboxylic acids is 2. The molecule has 7 nitrogen and oxygen atoms in total. The first kappa shape index (κ1) is 21.6. The third-order valence-corrected chi connectivity index (χ3v) is 5.96. The van der Waals surface area contributed by atoms with E-state index in [-0.39, 0.29) is 18.0 Å². The molecule has 32 heavy (non-hydrogen) atoms. The number of aromatic nitrogens is 2. The molecule has 3 amide bonds. The molecule has 0 spiro atoms. The second-order valence-electron chi connectivity index (χ2n) is 7.80. The Kier molecular flexibility index (Phi) is 6.23. The first-order valence-corrected chi connectivity index (χ1v) is 11.2. The van der Waals surface area contributed by atoms with E-state index in [2.05, 4.69) is 21.0 Å². The van der Waals surface area contributed by atoms with Crippen molar-refractivity contribution in [3.8, 4) is 5.69 Å². The molecule has 4 aromatic rings. The van der Waals surface area contributed by atoms with Crippen molar-refractivity contribution in [1.82, 2.24) is 20.4 Å². The first-order chi connectivity index (χ1) is 15.4. The Labute approximate surface area is 190 Å². The van der Waals surface area contributed by atoms with E-state index in [1.54, 1.807) is 0 Å². The lowest BCUT2D eigenvalue weighted by molar-refractivity contribution is 0.0955. The summed E-state index contributed by atoms with van der Waals surface area (Å²) in [4.78, 5) is 26.1. The number of rotatable bonds is 6. The van der Waals surface area contributed by atoms with Crippen LogP contribution in [0.5, 0.6) is 0 Å². The number of nitrogens with one attached hydrogen (secondary N) is 3. The topological polar surface area (TPSA) is 88.1 Å². The molecule has 0 saturated heterocycles. The van der Waals surface area contributed by atoms with E-state index < -0.39 is 0 Å². The smallest absolute Gasteiger partial charge is 0.319 e. The molecule has 0 atom stereocenters. The Hall–Kier alpha value is -3.65. The second-order valence-corrected chi connectivity index (χ2v) is 8.83. The molecule has 0 aliphatic heterocycles. The summed E-state index contributed by atoms with van der Waals surface area (Å²) in [6, 6.07) is 19.0. The number of hydrogen-bond acceptors (Lipinski definition) is 4. The van der Waals surface area contributed by atoms with Gasteiger partial charge in [0.1, 0.15) is 4.83 Å². The number of thiophene rings is 1. The zero-order chi connectivity index (χ0) is 22.7. The SMILES string of the molecule is Cc1nn(-c2ccccc2)c2sc(C(=O)NCc3ccc(NC(=O)NC(C)C)cc3)cc12. The van der Waals surface area contributed by atoms with Gasteiger partial charge >= 0.3 is 6.03 Å². The van der Waals surface area contributed by atoms with Crippen molar-refractivity contribution < 1.29 is 9.59 Å². The number of carbonyl (C=O) groups is 2. The van der Waals surface area contributed by atoms with Gasteiger partial charge in [0, 0.05) is 23.7 Å². The fraction of sp³-hybridized carbons (Fsp3) is 0.208. The van der Waals surface area contributed by atoms with Gasteiger partial charge in [-0.05, 0) is 56.7 Å². The summed E-state index contributed by atoms with van der Waals surface area (Å²) in [5.74, 6) is -0.122. The molecule has 2 aromatic heterocycles. The maximum atomic E-state index is 12.8. The lowest BCUT2D eigenvalue weighted by atomic mass is 10.2. The second kappa shape index (κ2) is 9.23. The lowest BCUT2D eigenvalue weighted by Crippen LogP contribution is -2.34. The van der Waals surface area contributed by atoms with Crippen molar-refractivity contribution in [1.29, 1.82) is 0 Å². The van der Waals surface area contributed by atoms with Crippen molar-refractivity contribution in [3.63, 3.8) is 0 Å². The number of fused-ring (bicyclic) bond motifs is 1. The number of urea groups is 1. The molecule has 0 saturated carbocycles. The highest BCUT2D eigenvalue weighted by molar-refractivity contribution is 7.20. The molecule has 0 aliphatic carbocycles. The maximum Gasteiger partial charge on any atom is 0.319 e. The van der Waals surface area contributed by atoms with Crippen molar-refractivity contribution >= 4 is 39.2 Å². The quantitative estimate of drug-likeness (QED) is 0.395. The first-order valence-electron chi connectivity index (χ1n) is 10.4. The number of hydrogen-bond donors (Lipinski definition) is 3. The molecule has 8 heteroatoms. The highest BCUT2D eigenvalue weighted by Crippen LogP contribution is 2.30. The molecule has 4 rings (SSSR count). The van der Waals surface area contributed by atoms with Gasteiger partial charge in [0.2, 0.25) is 0 Å². The minimum Gasteiger partial charge on any atom is -0.347 e. The molecule has 164 valence electrons. The average molecular weight is 448 g/mol. The van der Waals surface area contributed by atoms with Gasteiger partial charge in [0.05, 0.1) is 16.3 Å². The minimum atomic E-state index is -0.241. The molecule has 3 N–H and O–H groups in total. The van der Waals surface area contributed by atoms with Gasteiger partial charge in [0.15, 0.2) is 0 Å². The van der Waals surface area contributed by atoms with Crippen LogP contribution in [0.25, 0.3) is 15.9 Å². The Morgan fingerprint density at radius 2 is 1.78 bits per heavy atom. The van der Waals surface area contributed by atoms with E-state index in [0.29, 0.717) is 17.1 Å². The molecule has 0 bridgehead atoms. The highest BCUT2D eigenvalue weighted by Gasteiger charge is 2.17. The number of para-hydroxylation sites is 1. The van der Waals surface area contributed by atoms with Crippen LogP contribution in [-0.2, 0) is 6.54 Å². The van der Waals surface area contributed by atoms with Crippen molar-refractivity contribution in [3.05, 3.63) is 76.8 Å². The standard InChI is InChI=1S/C24H25N5O2S/c1-15(2)26-24(31)27-18-11-9-17(10-12-18)14-25-22(30)21-13-20-16(3)28-29(23(20)32-21)19-7-5-4-6-8-19/h4-13,15H,14H2,1-3H3,(H,25,30)(H2,26,27,31). The van der Waals surface area contributed by atoms with E-state index >= 15 is 0 Å². The maximum absolute atomic E-state index is 12.8. The number of aryl methyl sites for hydroxylation is 1. The van der Waals surface area contributed by atoms with Gasteiger partial charge in [0.25, 0.3) is 5.91 Å². The van der Waals surface area contributed by atoms with Crippen LogP contribution in [0.1, 0.15) is 34.8 Å². The third kappa shape index (κ3) is 4.81. The largest absolute Gasteiger partial charge is 0.347 e. The molecule has 0 aliphatic rings. The number of amides is 3. The average Bonchev–Trinajstić information content (AvgIpc) is 3.34. The summed E-state index contributed by atoms with van der Waals surface area (Å²) in [5, 5.41) is 14.1. The monoisotopic (exact) mass is 447 g/mol. The summed E-state index contributed by atoms with van der Waals surface area (Å²) in [6.07, 6.45) is 0. The van der Waals surface area contributed by atoms with E-state index in [9.17, 15) is 9.59 Å². The van der Waals surface area contributed by atoms with Crippen LogP contribution in [0.2, 0.25) is 0 Å². The third-order valence-electron chi connectivity index (χ3n) is 4.85. The van der Waals surface area contributed by atoms with Crippen LogP contribution in [0.3, 0.4) is 0 Å². The fourth-order valence-electron chi connectivity index (χ4n) is 3.31. The minimum absolute atomic E-state index is 0.0675. The summed E-state index contributed by atoms with van der Waals surface area (Å²) in [6.45, 7) is 6.16. The molecular formula is C24H25N5O2S. The predicted molar refractivity (Wildman–Crippen MR) is 129 cm³/mol. The molecular weight excluding hydrogens is 422 g/mol. The number of nitrogens with zero attached hydrogens (tertiary/aromatic N) is 2. The Morgan fingerprint density at radius 1 is 1.06 bits per heavy atom. The highest BCUT2D eigenvalue weighted by atomic mass is 32.1. The summed E-state index contributed by atoms with van der Waals surface area (Å²) in [7, 11) is 0. The van der Waals surface area contributed by atoms with Crippen LogP contribution in [-0.4, -0.2) is 27.8 Å². The van der Waals surface area contributed by atoms with E-state index in [4.69, 9.17) is 0 Å². The molecule has 0 fully saturated rings. The molecule has 0 unspecified atom stereocenters. The Balaban J connectivity index is 1.42. The lowest BCUT2D eigenvalue weighted by Gasteiger charge is -2.10. The summed E-state index contributed by atoms with van der Waals surface area (Å²) in [5.41, 5.74) is 3.50. The molecule has 0 radical (unpaired) electrons.